The summed E-state index contributed by atoms with van der Waals surface area (Å²) in [6.45, 7) is -0.631. The summed E-state index contributed by atoms with van der Waals surface area (Å²) < 4.78 is 131. The molecule has 0 radical (unpaired) electrons. The van der Waals surface area contributed by atoms with E-state index in [0.29, 0.717) is 12.1 Å². The van der Waals surface area contributed by atoms with Gasteiger partial charge in [0, 0.05) is 24.7 Å². The van der Waals surface area contributed by atoms with E-state index < -0.39 is 93.8 Å². The van der Waals surface area contributed by atoms with Crippen molar-refractivity contribution in [3.05, 3.63) is 59.2 Å². The smallest absolute Gasteiger partial charge is 0.416 e. The van der Waals surface area contributed by atoms with Crippen LogP contribution in [0.4, 0.5) is 22.0 Å². The van der Waals surface area contributed by atoms with Crippen molar-refractivity contribution in [2.75, 3.05) is 19.5 Å². The standard InChI is InChI=1S/C23H21F5O6S2/c1-35(29,30)18-10-14(18)20-15-11-34-21-17(25)7-6-16(24)19(21)22(15,8-9-33-20)36(31,32)13-4-2-12(3-5-13)23(26,27)28/h2-7,14-15,18,20H,8-11H2,1H3/t14?,15-,18?,20-,22-/m0/s1. The van der Waals surface area contributed by atoms with Crippen molar-refractivity contribution < 1.29 is 48.3 Å². The van der Waals surface area contributed by atoms with E-state index in [1.54, 1.807) is 0 Å². The fourth-order valence-corrected chi connectivity index (χ4v) is 9.33. The number of sulfone groups is 2. The van der Waals surface area contributed by atoms with Crippen LogP contribution in [0, 0.1) is 23.5 Å². The number of hydrogen-bond donors (Lipinski definition) is 0. The molecule has 5 atom stereocenters. The monoisotopic (exact) mass is 552 g/mol. The maximum atomic E-state index is 15.3. The largest absolute Gasteiger partial charge is 0.490 e. The molecule has 2 fully saturated rings. The lowest BCUT2D eigenvalue weighted by atomic mass is 9.74. The molecule has 0 N–H and O–H groups in total. The fourth-order valence-electron chi connectivity index (χ4n) is 5.65. The van der Waals surface area contributed by atoms with E-state index in [-0.39, 0.29) is 19.4 Å². The van der Waals surface area contributed by atoms with Gasteiger partial charge in [0.25, 0.3) is 0 Å². The third kappa shape index (κ3) is 3.73. The Bertz CT molecular complexity index is 1420. The zero-order valence-corrected chi connectivity index (χ0v) is 20.4. The minimum absolute atomic E-state index is 0.203. The molecule has 2 aromatic rings. The van der Waals surface area contributed by atoms with Gasteiger partial charge in [0.05, 0.1) is 34.0 Å². The van der Waals surface area contributed by atoms with Crippen LogP contribution in [-0.4, -0.2) is 47.7 Å². The molecule has 2 aromatic carbocycles. The molecule has 36 heavy (non-hydrogen) atoms. The minimum atomic E-state index is -4.71. The fraction of sp³-hybridized carbons (Fsp3) is 0.478. The first-order valence-corrected chi connectivity index (χ1v) is 14.5. The van der Waals surface area contributed by atoms with Crippen LogP contribution in [0.5, 0.6) is 5.75 Å². The molecule has 5 rings (SSSR count). The average molecular weight is 553 g/mol. The molecular formula is C23H21F5O6S2. The molecule has 1 saturated carbocycles. The highest BCUT2D eigenvalue weighted by Crippen LogP contribution is 2.59. The lowest BCUT2D eigenvalue weighted by Crippen LogP contribution is -2.58. The van der Waals surface area contributed by atoms with E-state index in [9.17, 15) is 34.4 Å². The lowest BCUT2D eigenvalue weighted by Gasteiger charge is -2.50. The number of ether oxygens (including phenoxy) is 2. The van der Waals surface area contributed by atoms with E-state index in [4.69, 9.17) is 9.47 Å². The Labute approximate surface area is 204 Å². The first kappa shape index (κ1) is 25.4. The number of benzene rings is 2. The molecule has 0 aromatic heterocycles. The summed E-state index contributed by atoms with van der Waals surface area (Å²) in [5, 5.41) is -0.786. The zero-order chi connectivity index (χ0) is 26.3. The van der Waals surface area contributed by atoms with Crippen LogP contribution in [0.2, 0.25) is 0 Å². The predicted molar refractivity (Wildman–Crippen MR) is 117 cm³/mol. The summed E-state index contributed by atoms with van der Waals surface area (Å²) in [6, 6.07) is 4.36. The van der Waals surface area contributed by atoms with Crippen molar-refractivity contribution in [1.82, 2.24) is 0 Å². The number of rotatable bonds is 4. The molecule has 2 unspecified atom stereocenters. The van der Waals surface area contributed by atoms with E-state index in [1.165, 1.54) is 0 Å². The summed E-state index contributed by atoms with van der Waals surface area (Å²) in [5.74, 6) is -4.36. The Hall–Kier alpha value is -2.25. The van der Waals surface area contributed by atoms with E-state index in [0.717, 1.165) is 30.5 Å². The van der Waals surface area contributed by atoms with Gasteiger partial charge in [0.1, 0.15) is 10.6 Å². The number of halogens is 5. The second-order valence-corrected chi connectivity index (χ2v) is 13.9. The number of alkyl halides is 3. The van der Waals surface area contributed by atoms with Gasteiger partial charge in [0.15, 0.2) is 31.2 Å². The Balaban J connectivity index is 1.70. The van der Waals surface area contributed by atoms with E-state index in [2.05, 4.69) is 0 Å². The summed E-state index contributed by atoms with van der Waals surface area (Å²) >= 11 is 0. The van der Waals surface area contributed by atoms with Crippen LogP contribution in [0.1, 0.15) is 24.0 Å². The van der Waals surface area contributed by atoms with Crippen molar-refractivity contribution in [2.45, 2.75) is 40.0 Å². The molecule has 2 heterocycles. The SMILES string of the molecule is CS(=O)(=O)C1CC1[C@@H]1OCC[C@@]2(S(=O)(=O)c3ccc(C(F)(F)F)cc3)c3c(F)ccc(F)c3OC[C@@H]12. The summed E-state index contributed by atoms with van der Waals surface area (Å²) in [6.07, 6.45) is -4.76. The maximum absolute atomic E-state index is 15.3. The van der Waals surface area contributed by atoms with Gasteiger partial charge in [-0.1, -0.05) is 0 Å². The van der Waals surface area contributed by atoms with Gasteiger partial charge in [-0.15, -0.1) is 0 Å². The number of fused-ring (bicyclic) bond motifs is 3. The van der Waals surface area contributed by atoms with Crippen molar-refractivity contribution in [3.63, 3.8) is 0 Å². The Morgan fingerprint density at radius 1 is 0.972 bits per heavy atom. The van der Waals surface area contributed by atoms with Gasteiger partial charge in [0.2, 0.25) is 0 Å². The highest BCUT2D eigenvalue weighted by molar-refractivity contribution is 7.92. The van der Waals surface area contributed by atoms with Gasteiger partial charge in [-0.2, -0.15) is 13.2 Å². The second kappa shape index (κ2) is 8.12. The lowest BCUT2D eigenvalue weighted by molar-refractivity contribution is -0.137. The van der Waals surface area contributed by atoms with Gasteiger partial charge in [-0.25, -0.2) is 25.6 Å². The normalized spacial score (nSPS) is 30.2. The highest BCUT2D eigenvalue weighted by Gasteiger charge is 2.65. The minimum Gasteiger partial charge on any atom is -0.490 e. The zero-order valence-electron chi connectivity index (χ0n) is 18.8. The Morgan fingerprint density at radius 2 is 1.61 bits per heavy atom. The molecule has 0 bridgehead atoms. The molecular weight excluding hydrogens is 531 g/mol. The molecule has 13 heteroatoms. The quantitative estimate of drug-likeness (QED) is 0.536. The Kier molecular flexibility index (Phi) is 5.73. The van der Waals surface area contributed by atoms with Crippen molar-refractivity contribution in [2.24, 2.45) is 11.8 Å². The van der Waals surface area contributed by atoms with E-state index in [1.807, 2.05) is 0 Å². The summed E-state index contributed by atoms with van der Waals surface area (Å²) in [7, 11) is -8.15. The molecule has 3 aliphatic rings. The van der Waals surface area contributed by atoms with Crippen molar-refractivity contribution >= 4 is 19.7 Å². The Morgan fingerprint density at radius 3 is 2.19 bits per heavy atom. The van der Waals surface area contributed by atoms with Crippen molar-refractivity contribution in [1.29, 1.82) is 0 Å². The highest BCUT2D eigenvalue weighted by atomic mass is 32.2. The number of hydrogen-bond acceptors (Lipinski definition) is 6. The van der Waals surface area contributed by atoms with Crippen LogP contribution >= 0.6 is 0 Å². The van der Waals surface area contributed by atoms with Crippen LogP contribution in [0.15, 0.2) is 41.3 Å². The topological polar surface area (TPSA) is 86.7 Å². The third-order valence-electron chi connectivity index (χ3n) is 7.39. The van der Waals surface area contributed by atoms with Crippen molar-refractivity contribution in [3.8, 4) is 5.75 Å². The first-order valence-electron chi connectivity index (χ1n) is 11.0. The molecule has 6 nitrogen and oxygen atoms in total. The van der Waals surface area contributed by atoms with Crippen LogP contribution in [0.3, 0.4) is 0 Å². The van der Waals surface area contributed by atoms with Gasteiger partial charge >= 0.3 is 6.18 Å². The molecule has 196 valence electrons. The van der Waals surface area contributed by atoms with Crippen LogP contribution in [0.25, 0.3) is 0 Å². The first-order chi connectivity index (χ1) is 16.7. The van der Waals surface area contributed by atoms with Gasteiger partial charge in [-0.05, 0) is 49.2 Å². The van der Waals surface area contributed by atoms with E-state index >= 15 is 4.39 Å². The van der Waals surface area contributed by atoms with Crippen LogP contribution < -0.4 is 4.74 Å². The molecule has 0 amide bonds. The second-order valence-electron chi connectivity index (χ2n) is 9.42. The third-order valence-corrected chi connectivity index (χ3v) is 11.6. The van der Waals surface area contributed by atoms with Gasteiger partial charge in [-0.3, -0.25) is 0 Å². The molecule has 1 saturated heterocycles. The average Bonchev–Trinajstić information content (AvgIpc) is 3.61. The molecule has 1 aliphatic carbocycles. The summed E-state index contributed by atoms with van der Waals surface area (Å²) in [5.41, 5.74) is -1.62. The molecule has 2 aliphatic heterocycles. The van der Waals surface area contributed by atoms with Crippen LogP contribution in [-0.2, 0) is 35.3 Å². The maximum Gasteiger partial charge on any atom is 0.416 e. The molecule has 0 spiro atoms. The predicted octanol–water partition coefficient (Wildman–Crippen LogP) is 3.88. The summed E-state index contributed by atoms with van der Waals surface area (Å²) in [4.78, 5) is -0.506. The van der Waals surface area contributed by atoms with Gasteiger partial charge < -0.3 is 9.47 Å².